The minimum atomic E-state index is -3.83. The van der Waals surface area contributed by atoms with Gasteiger partial charge in [-0.2, -0.15) is 4.31 Å². The number of nitrogens with two attached hydrogens (primary N) is 1. The fourth-order valence-corrected chi connectivity index (χ4v) is 4.15. The molecule has 7 heteroatoms. The summed E-state index contributed by atoms with van der Waals surface area (Å²) < 4.78 is 33.0. The highest BCUT2D eigenvalue weighted by Crippen LogP contribution is 2.30. The van der Waals surface area contributed by atoms with Gasteiger partial charge in [-0.25, -0.2) is 8.42 Å². The number of nitrogens with zero attached hydrogens (tertiary/aromatic N) is 1. The molecule has 1 amide bonds. The number of fused-ring (bicyclic) bond motifs is 1. The first-order valence-electron chi connectivity index (χ1n) is 8.09. The van der Waals surface area contributed by atoms with E-state index in [0.29, 0.717) is 16.9 Å². The van der Waals surface area contributed by atoms with E-state index in [1.54, 1.807) is 19.9 Å². The number of hydrogen-bond acceptors (Lipinski definition) is 4. The largest absolute Gasteiger partial charge is 0.459 e. The smallest absolute Gasteiger partial charge is 0.249 e. The van der Waals surface area contributed by atoms with Crippen LogP contribution in [-0.2, 0) is 10.0 Å². The standard InChI is InChI=1S/C19H20N2O4S/c1-12-8-9-15(11-16(12)19(20)22)26(23,24)21(3)13(2)18-10-14-6-4-5-7-17(14)25-18/h4-11,13H,1-3H3,(H2,20,22). The number of primary amides is 1. The van der Waals surface area contributed by atoms with Crippen molar-refractivity contribution in [1.82, 2.24) is 4.31 Å². The summed E-state index contributed by atoms with van der Waals surface area (Å²) in [5.74, 6) is -0.118. The molecule has 0 saturated heterocycles. The van der Waals surface area contributed by atoms with Gasteiger partial charge < -0.3 is 10.2 Å². The second kappa shape index (κ2) is 6.59. The Morgan fingerprint density at radius 2 is 1.85 bits per heavy atom. The van der Waals surface area contributed by atoms with Crippen LogP contribution in [0.2, 0.25) is 0 Å². The maximum absolute atomic E-state index is 13.0. The van der Waals surface area contributed by atoms with Gasteiger partial charge >= 0.3 is 0 Å². The Labute approximate surface area is 152 Å². The first-order chi connectivity index (χ1) is 12.2. The quantitative estimate of drug-likeness (QED) is 0.744. The number of benzene rings is 2. The van der Waals surface area contributed by atoms with Crippen molar-refractivity contribution >= 4 is 26.9 Å². The molecule has 0 aliphatic heterocycles. The van der Waals surface area contributed by atoms with Gasteiger partial charge in [0, 0.05) is 18.0 Å². The molecular weight excluding hydrogens is 352 g/mol. The lowest BCUT2D eigenvalue weighted by Gasteiger charge is -2.23. The summed E-state index contributed by atoms with van der Waals surface area (Å²) in [7, 11) is -2.35. The third-order valence-corrected chi connectivity index (χ3v) is 6.48. The van der Waals surface area contributed by atoms with Gasteiger partial charge in [-0.15, -0.1) is 0 Å². The number of para-hydroxylation sites is 1. The van der Waals surface area contributed by atoms with Crippen molar-refractivity contribution in [2.75, 3.05) is 7.05 Å². The molecule has 6 nitrogen and oxygen atoms in total. The lowest BCUT2D eigenvalue weighted by molar-refractivity contribution is 0.0999. The first-order valence-corrected chi connectivity index (χ1v) is 9.53. The van der Waals surface area contributed by atoms with Gasteiger partial charge in [0.15, 0.2) is 0 Å². The van der Waals surface area contributed by atoms with Crippen LogP contribution in [-0.4, -0.2) is 25.7 Å². The molecule has 26 heavy (non-hydrogen) atoms. The highest BCUT2D eigenvalue weighted by molar-refractivity contribution is 7.89. The van der Waals surface area contributed by atoms with E-state index in [-0.39, 0.29) is 10.5 Å². The summed E-state index contributed by atoms with van der Waals surface area (Å²) >= 11 is 0. The normalized spacial score (nSPS) is 13.2. The number of sulfonamides is 1. The molecule has 2 N–H and O–H groups in total. The van der Waals surface area contributed by atoms with E-state index < -0.39 is 22.0 Å². The summed E-state index contributed by atoms with van der Waals surface area (Å²) in [6.45, 7) is 3.45. The monoisotopic (exact) mass is 372 g/mol. The van der Waals surface area contributed by atoms with E-state index in [1.807, 2.05) is 30.3 Å². The fourth-order valence-electron chi connectivity index (χ4n) is 2.79. The molecular formula is C19H20N2O4S. The molecule has 1 atom stereocenters. The van der Waals surface area contributed by atoms with Crippen LogP contribution < -0.4 is 5.73 Å². The van der Waals surface area contributed by atoms with E-state index in [0.717, 1.165) is 5.39 Å². The molecule has 0 spiro atoms. The zero-order valence-corrected chi connectivity index (χ0v) is 15.6. The minimum absolute atomic E-state index is 0.0161. The van der Waals surface area contributed by atoms with E-state index in [4.69, 9.17) is 10.2 Å². The van der Waals surface area contributed by atoms with Gasteiger partial charge in [0.1, 0.15) is 11.3 Å². The SMILES string of the molecule is Cc1ccc(S(=O)(=O)N(C)C(C)c2cc3ccccc3o2)cc1C(N)=O. The molecule has 1 unspecified atom stereocenters. The highest BCUT2D eigenvalue weighted by atomic mass is 32.2. The van der Waals surface area contributed by atoms with Crippen molar-refractivity contribution in [1.29, 1.82) is 0 Å². The maximum atomic E-state index is 13.0. The number of carbonyl (C=O) groups excluding carboxylic acids is 1. The molecule has 1 heterocycles. The molecule has 0 fully saturated rings. The van der Waals surface area contributed by atoms with Gasteiger partial charge in [-0.05, 0) is 43.7 Å². The van der Waals surface area contributed by atoms with Gasteiger partial charge in [0.2, 0.25) is 15.9 Å². The van der Waals surface area contributed by atoms with Gasteiger partial charge in [-0.1, -0.05) is 24.3 Å². The van der Waals surface area contributed by atoms with E-state index in [1.165, 1.54) is 23.5 Å². The molecule has 3 rings (SSSR count). The van der Waals surface area contributed by atoms with Crippen molar-refractivity contribution in [3.05, 3.63) is 65.4 Å². The maximum Gasteiger partial charge on any atom is 0.249 e. The average molecular weight is 372 g/mol. The summed E-state index contributed by atoms with van der Waals surface area (Å²) in [4.78, 5) is 11.5. The van der Waals surface area contributed by atoms with Crippen LogP contribution in [0.5, 0.6) is 0 Å². The Kier molecular flexibility index (Phi) is 4.60. The number of rotatable bonds is 5. The molecule has 2 aromatic carbocycles. The van der Waals surface area contributed by atoms with Crippen LogP contribution in [0.1, 0.15) is 34.6 Å². The molecule has 136 valence electrons. The Morgan fingerprint density at radius 3 is 2.50 bits per heavy atom. The third kappa shape index (κ3) is 3.11. The second-order valence-corrected chi connectivity index (χ2v) is 8.22. The zero-order chi connectivity index (χ0) is 19.1. The van der Waals surface area contributed by atoms with Gasteiger partial charge in [0.25, 0.3) is 0 Å². The molecule has 0 radical (unpaired) electrons. The number of carbonyl (C=O) groups is 1. The van der Waals surface area contributed by atoms with Gasteiger partial charge in [0.05, 0.1) is 10.9 Å². The summed E-state index contributed by atoms with van der Waals surface area (Å²) in [6.07, 6.45) is 0. The Balaban J connectivity index is 1.98. The van der Waals surface area contributed by atoms with E-state index in [9.17, 15) is 13.2 Å². The molecule has 0 aliphatic carbocycles. The third-order valence-electron chi connectivity index (χ3n) is 4.55. The Bertz CT molecular complexity index is 1050. The van der Waals surface area contributed by atoms with Crippen LogP contribution in [0.15, 0.2) is 57.8 Å². The van der Waals surface area contributed by atoms with Crippen LogP contribution in [0.4, 0.5) is 0 Å². The summed E-state index contributed by atoms with van der Waals surface area (Å²) in [5, 5.41) is 0.909. The van der Waals surface area contributed by atoms with Crippen molar-refractivity contribution in [2.45, 2.75) is 24.8 Å². The molecule has 0 bridgehead atoms. The predicted molar refractivity (Wildman–Crippen MR) is 99.3 cm³/mol. The topological polar surface area (TPSA) is 93.6 Å². The van der Waals surface area contributed by atoms with Crippen molar-refractivity contribution in [3.63, 3.8) is 0 Å². The van der Waals surface area contributed by atoms with Crippen LogP contribution in [0.25, 0.3) is 11.0 Å². The highest BCUT2D eigenvalue weighted by Gasteiger charge is 2.29. The number of furan rings is 1. The lowest BCUT2D eigenvalue weighted by atomic mass is 10.1. The van der Waals surface area contributed by atoms with Crippen molar-refractivity contribution < 1.29 is 17.6 Å². The number of hydrogen-bond donors (Lipinski definition) is 1. The van der Waals surface area contributed by atoms with Crippen molar-refractivity contribution in [2.24, 2.45) is 5.73 Å². The average Bonchev–Trinajstić information content (AvgIpc) is 3.04. The summed E-state index contributed by atoms with van der Waals surface area (Å²) in [6, 6.07) is 13.2. The van der Waals surface area contributed by atoms with E-state index in [2.05, 4.69) is 0 Å². The molecule has 1 aromatic heterocycles. The number of aryl methyl sites for hydroxylation is 1. The van der Waals surface area contributed by atoms with Crippen molar-refractivity contribution in [3.8, 4) is 0 Å². The zero-order valence-electron chi connectivity index (χ0n) is 14.8. The Morgan fingerprint density at radius 1 is 1.15 bits per heavy atom. The Hall–Kier alpha value is -2.64. The summed E-state index contributed by atoms with van der Waals surface area (Å²) in [5.41, 5.74) is 6.85. The minimum Gasteiger partial charge on any atom is -0.459 e. The second-order valence-electron chi connectivity index (χ2n) is 6.22. The molecule has 3 aromatic rings. The van der Waals surface area contributed by atoms with Crippen LogP contribution in [0, 0.1) is 6.92 Å². The van der Waals surface area contributed by atoms with Crippen LogP contribution in [0.3, 0.4) is 0 Å². The van der Waals surface area contributed by atoms with E-state index >= 15 is 0 Å². The predicted octanol–water partition coefficient (Wildman–Crippen LogP) is 3.22. The lowest BCUT2D eigenvalue weighted by Crippen LogP contribution is -2.30. The van der Waals surface area contributed by atoms with Crippen LogP contribution >= 0.6 is 0 Å². The van der Waals surface area contributed by atoms with Gasteiger partial charge in [-0.3, -0.25) is 4.79 Å². The molecule has 0 saturated carbocycles. The fraction of sp³-hybridized carbons (Fsp3) is 0.211. The molecule has 0 aliphatic rings. The first kappa shape index (κ1) is 18.2. The number of amides is 1.